The van der Waals surface area contributed by atoms with Crippen LogP contribution in [0.25, 0.3) is 0 Å². The Morgan fingerprint density at radius 3 is 2.33 bits per heavy atom. The van der Waals surface area contributed by atoms with E-state index in [-0.39, 0.29) is 29.8 Å². The van der Waals surface area contributed by atoms with Crippen molar-refractivity contribution in [1.82, 2.24) is 10.0 Å². The van der Waals surface area contributed by atoms with Crippen LogP contribution >= 0.6 is 11.6 Å². The van der Waals surface area contributed by atoms with Crippen LogP contribution in [0.1, 0.15) is 24.9 Å². The zero-order valence-electron chi connectivity index (χ0n) is 13.2. The van der Waals surface area contributed by atoms with Gasteiger partial charge < -0.3 is 5.32 Å². The molecule has 2 aromatic carbocycles. The fourth-order valence-corrected chi connectivity index (χ4v) is 3.31. The van der Waals surface area contributed by atoms with Gasteiger partial charge in [0.25, 0.3) is 0 Å². The lowest BCUT2D eigenvalue weighted by Gasteiger charge is -2.14. The molecular weight excluding hydrogens is 348 g/mol. The monoisotopic (exact) mass is 366 g/mol. The van der Waals surface area contributed by atoms with Crippen molar-refractivity contribution in [3.05, 3.63) is 65.2 Å². The molecule has 1 atom stereocenters. The molecule has 7 heteroatoms. The van der Waals surface area contributed by atoms with Gasteiger partial charge in [-0.15, -0.1) is 0 Å². The number of amides is 1. The van der Waals surface area contributed by atoms with Gasteiger partial charge in [-0.2, -0.15) is 0 Å². The predicted molar refractivity (Wildman–Crippen MR) is 94.3 cm³/mol. The van der Waals surface area contributed by atoms with Crippen molar-refractivity contribution >= 4 is 27.5 Å². The van der Waals surface area contributed by atoms with Gasteiger partial charge in [-0.25, -0.2) is 13.1 Å². The van der Waals surface area contributed by atoms with E-state index in [1.807, 2.05) is 19.1 Å². The molecule has 2 rings (SSSR count). The van der Waals surface area contributed by atoms with Gasteiger partial charge in [0, 0.05) is 18.0 Å². The van der Waals surface area contributed by atoms with E-state index >= 15 is 0 Å². The van der Waals surface area contributed by atoms with E-state index in [9.17, 15) is 13.2 Å². The first-order valence-corrected chi connectivity index (χ1v) is 9.34. The summed E-state index contributed by atoms with van der Waals surface area (Å²) in [5.74, 6) is -0.229. The minimum absolute atomic E-state index is 0.0381. The Morgan fingerprint density at radius 2 is 1.71 bits per heavy atom. The highest BCUT2D eigenvalue weighted by atomic mass is 35.5. The van der Waals surface area contributed by atoms with Gasteiger partial charge in [-0.1, -0.05) is 41.9 Å². The Bertz CT molecular complexity index is 777. The largest absolute Gasteiger partial charge is 0.350 e. The van der Waals surface area contributed by atoms with Crippen molar-refractivity contribution in [2.45, 2.75) is 24.3 Å². The summed E-state index contributed by atoms with van der Waals surface area (Å²) in [5.41, 5.74) is 0.928. The molecule has 0 fully saturated rings. The van der Waals surface area contributed by atoms with E-state index in [1.54, 1.807) is 30.3 Å². The Hall–Kier alpha value is -1.89. The molecule has 0 saturated heterocycles. The highest BCUT2D eigenvalue weighted by Crippen LogP contribution is 2.16. The summed E-state index contributed by atoms with van der Waals surface area (Å²) in [5, 5.41) is 3.46. The van der Waals surface area contributed by atoms with Crippen LogP contribution in [-0.2, 0) is 14.8 Å². The normalized spacial score (nSPS) is 12.6. The van der Waals surface area contributed by atoms with Crippen LogP contribution in [0.5, 0.6) is 0 Å². The lowest BCUT2D eigenvalue weighted by molar-refractivity contribution is -0.121. The van der Waals surface area contributed by atoms with Crippen LogP contribution in [0, 0.1) is 0 Å². The summed E-state index contributed by atoms with van der Waals surface area (Å²) in [4.78, 5) is 12.1. The van der Waals surface area contributed by atoms with Crippen LogP contribution < -0.4 is 10.0 Å². The van der Waals surface area contributed by atoms with Crippen LogP contribution in [0.3, 0.4) is 0 Å². The number of hydrogen-bond acceptors (Lipinski definition) is 3. The predicted octanol–water partition coefficient (Wildman–Crippen LogP) is 2.89. The van der Waals surface area contributed by atoms with Gasteiger partial charge in [0.2, 0.25) is 15.9 Å². The lowest BCUT2D eigenvalue weighted by Crippen LogP contribution is -2.32. The van der Waals surface area contributed by atoms with Crippen molar-refractivity contribution in [3.8, 4) is 0 Å². The van der Waals surface area contributed by atoms with Crippen molar-refractivity contribution in [3.63, 3.8) is 0 Å². The smallest absolute Gasteiger partial charge is 0.240 e. The first-order valence-electron chi connectivity index (χ1n) is 7.48. The third-order valence-electron chi connectivity index (χ3n) is 3.45. The first kappa shape index (κ1) is 18.4. The molecule has 0 heterocycles. The molecule has 0 aliphatic heterocycles. The van der Waals surface area contributed by atoms with Gasteiger partial charge in [0.15, 0.2) is 0 Å². The summed E-state index contributed by atoms with van der Waals surface area (Å²) >= 11 is 5.83. The minimum Gasteiger partial charge on any atom is -0.350 e. The maximum atomic E-state index is 12.0. The van der Waals surface area contributed by atoms with E-state index in [0.717, 1.165) is 5.56 Å². The average Bonchev–Trinajstić information content (AvgIpc) is 2.56. The van der Waals surface area contributed by atoms with Crippen LogP contribution in [-0.4, -0.2) is 20.9 Å². The number of carbonyl (C=O) groups excluding carboxylic acids is 1. The molecule has 1 amide bonds. The van der Waals surface area contributed by atoms with Crippen LogP contribution in [0.4, 0.5) is 0 Å². The molecule has 0 aliphatic rings. The molecule has 24 heavy (non-hydrogen) atoms. The van der Waals surface area contributed by atoms with E-state index < -0.39 is 10.0 Å². The van der Waals surface area contributed by atoms with Crippen molar-refractivity contribution in [2.75, 3.05) is 6.54 Å². The summed E-state index contributed by atoms with van der Waals surface area (Å²) in [6.45, 7) is 1.89. The van der Waals surface area contributed by atoms with Crippen molar-refractivity contribution < 1.29 is 13.2 Å². The fraction of sp³-hybridized carbons (Fsp3) is 0.235. The Balaban J connectivity index is 1.82. The number of nitrogens with one attached hydrogen (secondary N) is 2. The molecule has 0 aliphatic carbocycles. The number of carbonyl (C=O) groups is 1. The minimum atomic E-state index is -3.59. The highest BCUT2D eigenvalue weighted by molar-refractivity contribution is 7.89. The second-order valence-corrected chi connectivity index (χ2v) is 7.50. The van der Waals surface area contributed by atoms with E-state index in [0.29, 0.717) is 5.02 Å². The number of benzene rings is 2. The van der Waals surface area contributed by atoms with E-state index in [4.69, 9.17) is 11.6 Å². The Morgan fingerprint density at radius 1 is 1.08 bits per heavy atom. The number of rotatable bonds is 7. The van der Waals surface area contributed by atoms with Crippen molar-refractivity contribution in [1.29, 1.82) is 0 Å². The van der Waals surface area contributed by atoms with Gasteiger partial charge >= 0.3 is 0 Å². The molecule has 5 nitrogen and oxygen atoms in total. The molecule has 0 spiro atoms. The molecule has 0 radical (unpaired) electrons. The maximum Gasteiger partial charge on any atom is 0.240 e. The number of halogens is 1. The summed E-state index contributed by atoms with van der Waals surface area (Å²) < 4.78 is 26.5. The second-order valence-electron chi connectivity index (χ2n) is 5.30. The molecule has 0 aromatic heterocycles. The maximum absolute atomic E-state index is 12.0. The third-order valence-corrected chi connectivity index (χ3v) is 5.17. The zero-order valence-corrected chi connectivity index (χ0v) is 14.8. The molecule has 2 N–H and O–H groups in total. The fourth-order valence-electron chi connectivity index (χ4n) is 2.13. The lowest BCUT2D eigenvalue weighted by atomic mass is 10.1. The second kappa shape index (κ2) is 8.28. The van der Waals surface area contributed by atoms with Crippen LogP contribution in [0.2, 0.25) is 5.02 Å². The van der Waals surface area contributed by atoms with E-state index in [2.05, 4.69) is 10.0 Å². The van der Waals surface area contributed by atoms with Crippen LogP contribution in [0.15, 0.2) is 59.5 Å². The molecular formula is C17H19ClN2O3S. The Kier molecular flexibility index (Phi) is 6.36. The summed E-state index contributed by atoms with van der Waals surface area (Å²) in [6.07, 6.45) is 0.0595. The molecule has 0 saturated carbocycles. The first-order chi connectivity index (χ1) is 11.4. The molecule has 1 unspecified atom stereocenters. The third kappa shape index (κ3) is 5.33. The van der Waals surface area contributed by atoms with E-state index in [1.165, 1.54) is 12.1 Å². The standard InChI is InChI=1S/C17H19ClN2O3S/c1-13(14-7-9-15(18)10-8-14)20-17(21)11-12-19-24(22,23)16-5-3-2-4-6-16/h2-10,13,19H,11-12H2,1H3,(H,20,21). The topological polar surface area (TPSA) is 75.3 Å². The highest BCUT2D eigenvalue weighted by Gasteiger charge is 2.14. The van der Waals surface area contributed by atoms with Crippen molar-refractivity contribution in [2.24, 2.45) is 0 Å². The average molecular weight is 367 g/mol. The zero-order chi connectivity index (χ0) is 17.6. The SMILES string of the molecule is CC(NC(=O)CCNS(=O)(=O)c1ccccc1)c1ccc(Cl)cc1. The Labute approximate surface area is 147 Å². The number of hydrogen-bond donors (Lipinski definition) is 2. The van der Waals surface area contributed by atoms with Gasteiger partial charge in [0.05, 0.1) is 10.9 Å². The molecule has 128 valence electrons. The molecule has 2 aromatic rings. The summed E-state index contributed by atoms with van der Waals surface area (Å²) in [7, 11) is -3.59. The van der Waals surface area contributed by atoms with Gasteiger partial charge in [0.1, 0.15) is 0 Å². The van der Waals surface area contributed by atoms with Gasteiger partial charge in [-0.3, -0.25) is 4.79 Å². The number of sulfonamides is 1. The molecule has 0 bridgehead atoms. The van der Waals surface area contributed by atoms with Gasteiger partial charge in [-0.05, 0) is 36.8 Å². The quantitative estimate of drug-likeness (QED) is 0.791. The summed E-state index contributed by atoms with van der Waals surface area (Å²) in [6, 6.07) is 15.1.